The lowest BCUT2D eigenvalue weighted by molar-refractivity contribution is -0.133. The normalized spacial score (nSPS) is 15.4. The second-order valence-corrected chi connectivity index (χ2v) is 5.48. The Bertz CT molecular complexity index is 467. The summed E-state index contributed by atoms with van der Waals surface area (Å²) in [6.45, 7) is 2.91. The van der Waals surface area contributed by atoms with E-state index < -0.39 is 0 Å². The molecule has 1 saturated heterocycles. The molecule has 0 N–H and O–H groups in total. The zero-order valence-corrected chi connectivity index (χ0v) is 12.0. The lowest BCUT2D eigenvalue weighted by Gasteiger charge is -2.28. The maximum absolute atomic E-state index is 12.1. The number of likely N-dealkylation sites (tertiary alicyclic amines) is 1. The van der Waals surface area contributed by atoms with Gasteiger partial charge in [-0.1, -0.05) is 18.2 Å². The van der Waals surface area contributed by atoms with E-state index in [-0.39, 0.29) is 5.91 Å². The minimum absolute atomic E-state index is 0.207. The van der Waals surface area contributed by atoms with Gasteiger partial charge >= 0.3 is 0 Å². The summed E-state index contributed by atoms with van der Waals surface area (Å²) in [5.74, 6) is 0.207. The summed E-state index contributed by atoms with van der Waals surface area (Å²) in [4.78, 5) is 26.9. The van der Waals surface area contributed by atoms with Crippen LogP contribution < -0.4 is 0 Å². The highest BCUT2D eigenvalue weighted by molar-refractivity contribution is 5.78. The van der Waals surface area contributed by atoms with Crippen molar-refractivity contribution in [2.24, 2.45) is 0 Å². The Balaban J connectivity index is 1.86. The molecule has 0 spiro atoms. The fourth-order valence-electron chi connectivity index (χ4n) is 2.61. The number of rotatable bonds is 5. The molecular weight excluding hydrogens is 252 g/mol. The smallest absolute Gasteiger partial charge is 0.236 e. The number of piperidine rings is 1. The van der Waals surface area contributed by atoms with Crippen LogP contribution in [0.5, 0.6) is 0 Å². The third kappa shape index (κ3) is 4.17. The molecule has 4 nitrogen and oxygen atoms in total. The van der Waals surface area contributed by atoms with Gasteiger partial charge in [-0.2, -0.15) is 0 Å². The maximum Gasteiger partial charge on any atom is 0.236 e. The minimum Gasteiger partial charge on any atom is -0.342 e. The fraction of sp³-hybridized carbons (Fsp3) is 0.500. The number of nitrogens with zero attached hydrogens (tertiary/aromatic N) is 2. The van der Waals surface area contributed by atoms with Crippen molar-refractivity contribution in [1.82, 2.24) is 9.80 Å². The Kier molecular flexibility index (Phi) is 5.30. The summed E-state index contributed by atoms with van der Waals surface area (Å²) < 4.78 is 0. The SMILES string of the molecule is CN(CC(=O)N1CCCCC1)Cc1cccc(C=O)c1. The summed E-state index contributed by atoms with van der Waals surface area (Å²) in [5.41, 5.74) is 1.74. The van der Waals surface area contributed by atoms with E-state index in [4.69, 9.17) is 0 Å². The van der Waals surface area contributed by atoms with Gasteiger partial charge in [-0.3, -0.25) is 14.5 Å². The van der Waals surface area contributed by atoms with Gasteiger partial charge in [0.15, 0.2) is 0 Å². The van der Waals surface area contributed by atoms with E-state index in [2.05, 4.69) is 0 Å². The Morgan fingerprint density at radius 1 is 1.30 bits per heavy atom. The first-order valence-electron chi connectivity index (χ1n) is 7.19. The Morgan fingerprint density at radius 3 is 2.75 bits per heavy atom. The minimum atomic E-state index is 0.207. The van der Waals surface area contributed by atoms with Crippen molar-refractivity contribution >= 4 is 12.2 Å². The highest BCUT2D eigenvalue weighted by Crippen LogP contribution is 2.10. The highest BCUT2D eigenvalue weighted by Gasteiger charge is 2.17. The van der Waals surface area contributed by atoms with Crippen molar-refractivity contribution in [1.29, 1.82) is 0 Å². The molecule has 20 heavy (non-hydrogen) atoms. The average molecular weight is 274 g/mol. The number of hydrogen-bond donors (Lipinski definition) is 0. The molecule has 108 valence electrons. The molecule has 0 atom stereocenters. The van der Waals surface area contributed by atoms with Crippen molar-refractivity contribution < 1.29 is 9.59 Å². The van der Waals surface area contributed by atoms with Crippen molar-refractivity contribution in [3.05, 3.63) is 35.4 Å². The van der Waals surface area contributed by atoms with Gasteiger partial charge in [0.1, 0.15) is 6.29 Å². The van der Waals surface area contributed by atoms with E-state index >= 15 is 0 Å². The first-order chi connectivity index (χ1) is 9.69. The molecule has 1 heterocycles. The molecule has 1 amide bonds. The van der Waals surface area contributed by atoms with Crippen LogP contribution in [0, 0.1) is 0 Å². The molecule has 0 aromatic heterocycles. The molecule has 0 saturated carbocycles. The molecule has 0 aliphatic carbocycles. The van der Waals surface area contributed by atoms with Crippen LogP contribution >= 0.6 is 0 Å². The van der Waals surface area contributed by atoms with Crippen molar-refractivity contribution in [2.75, 3.05) is 26.7 Å². The molecule has 0 unspecified atom stereocenters. The number of amides is 1. The van der Waals surface area contributed by atoms with E-state index in [0.29, 0.717) is 18.7 Å². The van der Waals surface area contributed by atoms with Gasteiger partial charge < -0.3 is 4.90 Å². The van der Waals surface area contributed by atoms with Crippen LogP contribution in [0.2, 0.25) is 0 Å². The summed E-state index contributed by atoms with van der Waals surface area (Å²) in [5, 5.41) is 0. The lowest BCUT2D eigenvalue weighted by atomic mass is 10.1. The first-order valence-corrected chi connectivity index (χ1v) is 7.19. The highest BCUT2D eigenvalue weighted by atomic mass is 16.2. The van der Waals surface area contributed by atoms with Crippen LogP contribution in [-0.2, 0) is 11.3 Å². The summed E-state index contributed by atoms with van der Waals surface area (Å²) in [6, 6.07) is 7.51. The van der Waals surface area contributed by atoms with Crippen LogP contribution in [0.1, 0.15) is 35.2 Å². The van der Waals surface area contributed by atoms with Gasteiger partial charge in [0.05, 0.1) is 6.54 Å². The summed E-state index contributed by atoms with van der Waals surface area (Å²) in [6.07, 6.45) is 4.33. The number of carbonyl (C=O) groups excluding carboxylic acids is 2. The third-order valence-corrected chi connectivity index (χ3v) is 3.65. The van der Waals surface area contributed by atoms with Crippen molar-refractivity contribution in [3.8, 4) is 0 Å². The molecule has 1 aromatic rings. The van der Waals surface area contributed by atoms with E-state index in [1.807, 2.05) is 35.0 Å². The molecule has 0 radical (unpaired) electrons. The molecule has 1 fully saturated rings. The molecular formula is C16H22N2O2. The monoisotopic (exact) mass is 274 g/mol. The number of benzene rings is 1. The average Bonchev–Trinajstić information content (AvgIpc) is 2.48. The Hall–Kier alpha value is -1.68. The maximum atomic E-state index is 12.1. The molecule has 0 bridgehead atoms. The Morgan fingerprint density at radius 2 is 2.05 bits per heavy atom. The van der Waals surface area contributed by atoms with Gasteiger partial charge in [-0.15, -0.1) is 0 Å². The zero-order valence-electron chi connectivity index (χ0n) is 12.0. The number of aldehydes is 1. The number of carbonyl (C=O) groups is 2. The van der Waals surface area contributed by atoms with Crippen molar-refractivity contribution in [2.45, 2.75) is 25.8 Å². The molecule has 2 rings (SSSR count). The van der Waals surface area contributed by atoms with Gasteiger partial charge in [-0.25, -0.2) is 0 Å². The molecule has 1 aliphatic heterocycles. The third-order valence-electron chi connectivity index (χ3n) is 3.65. The fourth-order valence-corrected chi connectivity index (χ4v) is 2.61. The van der Waals surface area contributed by atoms with Crippen molar-refractivity contribution in [3.63, 3.8) is 0 Å². The molecule has 4 heteroatoms. The van der Waals surface area contributed by atoms with Crippen LogP contribution in [0.25, 0.3) is 0 Å². The van der Waals surface area contributed by atoms with Crippen LogP contribution in [0.15, 0.2) is 24.3 Å². The lowest BCUT2D eigenvalue weighted by Crippen LogP contribution is -2.41. The van der Waals surface area contributed by atoms with E-state index in [0.717, 1.165) is 37.8 Å². The van der Waals surface area contributed by atoms with Crippen LogP contribution in [0.3, 0.4) is 0 Å². The largest absolute Gasteiger partial charge is 0.342 e. The second-order valence-electron chi connectivity index (χ2n) is 5.48. The standard InChI is InChI=1S/C16H22N2O2/c1-17(11-14-6-5-7-15(10-14)13-19)12-16(20)18-8-3-2-4-9-18/h5-7,10,13H,2-4,8-9,11-12H2,1H3. The molecule has 1 aliphatic rings. The van der Waals surface area contributed by atoms with Gasteiger partial charge in [-0.05, 0) is 37.9 Å². The number of hydrogen-bond acceptors (Lipinski definition) is 3. The first kappa shape index (κ1) is 14.7. The Labute approximate surface area is 120 Å². The van der Waals surface area contributed by atoms with E-state index in [9.17, 15) is 9.59 Å². The van der Waals surface area contributed by atoms with Crippen LogP contribution in [0.4, 0.5) is 0 Å². The molecule has 1 aromatic carbocycles. The predicted molar refractivity (Wildman–Crippen MR) is 78.6 cm³/mol. The quantitative estimate of drug-likeness (QED) is 0.771. The van der Waals surface area contributed by atoms with E-state index in [1.165, 1.54) is 6.42 Å². The topological polar surface area (TPSA) is 40.6 Å². The van der Waals surface area contributed by atoms with Crippen LogP contribution in [-0.4, -0.2) is 48.7 Å². The second kappa shape index (κ2) is 7.20. The van der Waals surface area contributed by atoms with Gasteiger partial charge in [0, 0.05) is 25.2 Å². The summed E-state index contributed by atoms with van der Waals surface area (Å²) >= 11 is 0. The van der Waals surface area contributed by atoms with Gasteiger partial charge in [0.25, 0.3) is 0 Å². The van der Waals surface area contributed by atoms with Gasteiger partial charge in [0.2, 0.25) is 5.91 Å². The predicted octanol–water partition coefficient (Wildman–Crippen LogP) is 1.94. The van der Waals surface area contributed by atoms with E-state index in [1.54, 1.807) is 6.07 Å². The number of likely N-dealkylation sites (N-methyl/N-ethyl adjacent to an activating group) is 1. The zero-order chi connectivity index (χ0) is 14.4. The summed E-state index contributed by atoms with van der Waals surface area (Å²) in [7, 11) is 1.94.